The van der Waals surface area contributed by atoms with Crippen LogP contribution in [0.5, 0.6) is 0 Å². The summed E-state index contributed by atoms with van der Waals surface area (Å²) in [4.78, 5) is 0. The predicted octanol–water partition coefficient (Wildman–Crippen LogP) is 1.43. The van der Waals surface area contributed by atoms with E-state index in [-0.39, 0.29) is 12.6 Å². The van der Waals surface area contributed by atoms with E-state index in [1.54, 1.807) is 19.1 Å². The van der Waals surface area contributed by atoms with Crippen LogP contribution in [0.3, 0.4) is 0 Å². The maximum absolute atomic E-state index is 9.03. The van der Waals surface area contributed by atoms with Crippen molar-refractivity contribution in [3.05, 3.63) is 28.3 Å². The molecule has 0 unspecified atom stereocenters. The second-order valence-corrected chi connectivity index (χ2v) is 3.39. The summed E-state index contributed by atoms with van der Waals surface area (Å²) in [5.74, 6) is 0. The van der Waals surface area contributed by atoms with E-state index in [4.69, 9.17) is 28.2 Å². The third-order valence-electron chi connectivity index (χ3n) is 1.95. The lowest BCUT2D eigenvalue weighted by atomic mass is 10.0. The van der Waals surface area contributed by atoms with Gasteiger partial charge in [-0.25, -0.2) is 0 Å². The lowest BCUT2D eigenvalue weighted by Crippen LogP contribution is -2.11. The molecule has 72 valence electrons. The van der Waals surface area contributed by atoms with E-state index in [0.717, 1.165) is 11.1 Å². The van der Waals surface area contributed by atoms with Crippen molar-refractivity contribution < 1.29 is 5.11 Å². The largest absolute Gasteiger partial charge is 0.397 e. The molecule has 0 heterocycles. The lowest BCUT2D eigenvalue weighted by Gasteiger charge is -2.14. The van der Waals surface area contributed by atoms with Gasteiger partial charge in [-0.1, -0.05) is 17.7 Å². The van der Waals surface area contributed by atoms with Gasteiger partial charge in [-0.05, 0) is 24.1 Å². The summed E-state index contributed by atoms with van der Waals surface area (Å²) in [5, 5.41) is 9.50. The first kappa shape index (κ1) is 10.3. The Morgan fingerprint density at radius 1 is 1.54 bits per heavy atom. The highest BCUT2D eigenvalue weighted by molar-refractivity contribution is 6.33. The second-order valence-electron chi connectivity index (χ2n) is 2.98. The number of aliphatic hydroxyl groups is 1. The van der Waals surface area contributed by atoms with Gasteiger partial charge in [0.25, 0.3) is 0 Å². The van der Waals surface area contributed by atoms with Crippen LogP contribution in [0.4, 0.5) is 5.69 Å². The molecule has 0 aliphatic rings. The molecule has 0 spiro atoms. The third kappa shape index (κ3) is 1.94. The van der Waals surface area contributed by atoms with Gasteiger partial charge in [0, 0.05) is 6.04 Å². The van der Waals surface area contributed by atoms with Gasteiger partial charge in [-0.15, -0.1) is 0 Å². The van der Waals surface area contributed by atoms with E-state index >= 15 is 0 Å². The molecular weight excluding hydrogens is 188 g/mol. The smallest absolute Gasteiger partial charge is 0.0685 e. The standard InChI is InChI=1S/C9H13ClN2O/c1-5(11)8-6(4-13)2-3-7(10)9(8)12/h2-3,5,13H,4,11-12H2,1H3/t5-/m0/s1. The molecule has 3 nitrogen and oxygen atoms in total. The number of anilines is 1. The van der Waals surface area contributed by atoms with Crippen molar-refractivity contribution in [2.24, 2.45) is 5.73 Å². The maximum Gasteiger partial charge on any atom is 0.0685 e. The van der Waals surface area contributed by atoms with Gasteiger partial charge in [0.2, 0.25) is 0 Å². The average molecular weight is 201 g/mol. The van der Waals surface area contributed by atoms with Crippen LogP contribution in [0.25, 0.3) is 0 Å². The molecule has 0 saturated carbocycles. The number of aliphatic hydroxyl groups excluding tert-OH is 1. The Morgan fingerprint density at radius 2 is 2.15 bits per heavy atom. The molecular formula is C9H13ClN2O. The molecule has 0 fully saturated rings. The molecule has 0 aliphatic carbocycles. The summed E-state index contributed by atoms with van der Waals surface area (Å²) in [5.41, 5.74) is 13.4. The first-order chi connectivity index (χ1) is 6.07. The van der Waals surface area contributed by atoms with E-state index in [0.29, 0.717) is 10.7 Å². The van der Waals surface area contributed by atoms with Gasteiger partial charge in [0.05, 0.1) is 17.3 Å². The van der Waals surface area contributed by atoms with Crippen LogP contribution in [0, 0.1) is 0 Å². The molecule has 0 bridgehead atoms. The molecule has 0 saturated heterocycles. The van der Waals surface area contributed by atoms with Crippen molar-refractivity contribution in [1.29, 1.82) is 0 Å². The summed E-state index contributed by atoms with van der Waals surface area (Å²) in [6, 6.07) is 3.17. The van der Waals surface area contributed by atoms with E-state index in [1.807, 2.05) is 0 Å². The zero-order valence-electron chi connectivity index (χ0n) is 7.42. The number of rotatable bonds is 2. The van der Waals surface area contributed by atoms with E-state index < -0.39 is 0 Å². The number of nitrogens with two attached hydrogens (primary N) is 2. The van der Waals surface area contributed by atoms with Gasteiger partial charge < -0.3 is 16.6 Å². The molecule has 1 aromatic rings. The fourth-order valence-corrected chi connectivity index (χ4v) is 1.50. The molecule has 1 atom stereocenters. The molecule has 1 rings (SSSR count). The minimum Gasteiger partial charge on any atom is -0.397 e. The summed E-state index contributed by atoms with van der Waals surface area (Å²) in [6.45, 7) is 1.74. The molecule has 5 N–H and O–H groups in total. The number of benzene rings is 1. The number of hydrogen-bond acceptors (Lipinski definition) is 3. The van der Waals surface area contributed by atoms with Crippen LogP contribution >= 0.6 is 11.6 Å². The summed E-state index contributed by atoms with van der Waals surface area (Å²) >= 11 is 5.82. The molecule has 0 aliphatic heterocycles. The molecule has 0 radical (unpaired) electrons. The number of nitrogen functional groups attached to an aromatic ring is 1. The molecule has 4 heteroatoms. The predicted molar refractivity (Wildman–Crippen MR) is 54.4 cm³/mol. The highest BCUT2D eigenvalue weighted by atomic mass is 35.5. The fourth-order valence-electron chi connectivity index (χ4n) is 1.33. The highest BCUT2D eigenvalue weighted by Crippen LogP contribution is 2.29. The monoisotopic (exact) mass is 200 g/mol. The Morgan fingerprint density at radius 3 is 2.62 bits per heavy atom. The molecule has 0 aromatic heterocycles. The van der Waals surface area contributed by atoms with Crippen molar-refractivity contribution in [3.8, 4) is 0 Å². The zero-order valence-corrected chi connectivity index (χ0v) is 8.17. The van der Waals surface area contributed by atoms with Crippen LogP contribution in [0.2, 0.25) is 5.02 Å². The van der Waals surface area contributed by atoms with Crippen LogP contribution < -0.4 is 11.5 Å². The average Bonchev–Trinajstić information content (AvgIpc) is 2.08. The van der Waals surface area contributed by atoms with E-state index in [1.165, 1.54) is 0 Å². The van der Waals surface area contributed by atoms with E-state index in [2.05, 4.69) is 0 Å². The summed E-state index contributed by atoms with van der Waals surface area (Å²) in [7, 11) is 0. The molecule has 13 heavy (non-hydrogen) atoms. The fraction of sp³-hybridized carbons (Fsp3) is 0.333. The Kier molecular flexibility index (Phi) is 3.14. The van der Waals surface area contributed by atoms with Gasteiger partial charge in [0.1, 0.15) is 0 Å². The van der Waals surface area contributed by atoms with Crippen molar-refractivity contribution >= 4 is 17.3 Å². The van der Waals surface area contributed by atoms with Crippen molar-refractivity contribution in [1.82, 2.24) is 0 Å². The first-order valence-corrected chi connectivity index (χ1v) is 4.39. The minimum absolute atomic E-state index is 0.0712. The first-order valence-electron chi connectivity index (χ1n) is 4.01. The molecule has 0 amide bonds. The van der Waals surface area contributed by atoms with Gasteiger partial charge in [0.15, 0.2) is 0 Å². The number of halogens is 1. The van der Waals surface area contributed by atoms with Crippen LogP contribution in [-0.2, 0) is 6.61 Å². The van der Waals surface area contributed by atoms with Crippen LogP contribution in [0.1, 0.15) is 24.1 Å². The SMILES string of the molecule is C[C@H](N)c1c(CO)ccc(Cl)c1N. The van der Waals surface area contributed by atoms with Crippen LogP contribution in [0.15, 0.2) is 12.1 Å². The normalized spacial score (nSPS) is 12.9. The maximum atomic E-state index is 9.03. The van der Waals surface area contributed by atoms with Gasteiger partial charge >= 0.3 is 0 Å². The quantitative estimate of drug-likeness (QED) is 0.633. The minimum atomic E-state index is -0.221. The second kappa shape index (κ2) is 3.96. The highest BCUT2D eigenvalue weighted by Gasteiger charge is 2.12. The van der Waals surface area contributed by atoms with Gasteiger partial charge in [-0.3, -0.25) is 0 Å². The topological polar surface area (TPSA) is 72.3 Å². The Hall–Kier alpha value is -0.770. The Labute approximate surface area is 82.3 Å². The molecule has 1 aromatic carbocycles. The van der Waals surface area contributed by atoms with Crippen molar-refractivity contribution in [2.75, 3.05) is 5.73 Å². The van der Waals surface area contributed by atoms with Gasteiger partial charge in [-0.2, -0.15) is 0 Å². The van der Waals surface area contributed by atoms with Crippen molar-refractivity contribution in [3.63, 3.8) is 0 Å². The Bertz CT molecular complexity index is 313. The lowest BCUT2D eigenvalue weighted by molar-refractivity contribution is 0.280. The third-order valence-corrected chi connectivity index (χ3v) is 2.28. The van der Waals surface area contributed by atoms with Crippen LogP contribution in [-0.4, -0.2) is 5.11 Å². The number of hydrogen-bond donors (Lipinski definition) is 3. The van der Waals surface area contributed by atoms with E-state index in [9.17, 15) is 0 Å². The summed E-state index contributed by atoms with van der Waals surface area (Å²) in [6.07, 6.45) is 0. The van der Waals surface area contributed by atoms with Crippen molar-refractivity contribution in [2.45, 2.75) is 19.6 Å². The summed E-state index contributed by atoms with van der Waals surface area (Å²) < 4.78 is 0. The zero-order chi connectivity index (χ0) is 10.0. The Balaban J connectivity index is 3.32.